The van der Waals surface area contributed by atoms with Crippen molar-refractivity contribution in [3.8, 4) is 5.69 Å². The molecule has 2 aromatic carbocycles. The third-order valence-corrected chi connectivity index (χ3v) is 4.22. The summed E-state index contributed by atoms with van der Waals surface area (Å²) in [4.78, 5) is 22.3. The molecular weight excluding hydrogens is 398 g/mol. The van der Waals surface area contributed by atoms with Crippen LogP contribution in [0.5, 0.6) is 0 Å². The molecule has 0 fully saturated rings. The Morgan fingerprint density at radius 2 is 1.83 bits per heavy atom. The van der Waals surface area contributed by atoms with Crippen molar-refractivity contribution < 1.29 is 9.72 Å². The maximum absolute atomic E-state index is 12.0. The molecule has 0 atom stereocenters. The standard InChI is InChI=1S/C18H16ClN7O3/c1-11(21-23-18(27)20-14-5-3-13(19)4-6-14)17-12(2)25(24-22-17)15-7-9-16(10-8-15)26(28)29/h3-10H,1-2H3,(H2,20,23,27)/b21-11+. The zero-order valence-corrected chi connectivity index (χ0v) is 16.2. The predicted octanol–water partition coefficient (Wildman–Crippen LogP) is 3.68. The summed E-state index contributed by atoms with van der Waals surface area (Å²) in [6.07, 6.45) is 0. The quantitative estimate of drug-likeness (QED) is 0.374. The number of aromatic nitrogens is 3. The first-order valence-electron chi connectivity index (χ1n) is 8.39. The zero-order valence-electron chi connectivity index (χ0n) is 15.5. The van der Waals surface area contributed by atoms with Crippen molar-refractivity contribution in [2.75, 3.05) is 5.32 Å². The van der Waals surface area contributed by atoms with Gasteiger partial charge in [0.05, 0.1) is 22.0 Å². The van der Waals surface area contributed by atoms with E-state index in [9.17, 15) is 14.9 Å². The molecule has 0 radical (unpaired) electrons. The van der Waals surface area contributed by atoms with Crippen molar-refractivity contribution >= 4 is 34.7 Å². The van der Waals surface area contributed by atoms with Crippen molar-refractivity contribution in [1.29, 1.82) is 0 Å². The fourth-order valence-corrected chi connectivity index (χ4v) is 2.63. The van der Waals surface area contributed by atoms with Crippen LogP contribution in [-0.4, -0.2) is 31.7 Å². The van der Waals surface area contributed by atoms with Crippen LogP contribution in [0.1, 0.15) is 18.3 Å². The molecule has 0 unspecified atom stereocenters. The van der Waals surface area contributed by atoms with Gasteiger partial charge < -0.3 is 5.32 Å². The summed E-state index contributed by atoms with van der Waals surface area (Å²) in [6.45, 7) is 3.46. The first kappa shape index (κ1) is 20.0. The van der Waals surface area contributed by atoms with Gasteiger partial charge in [0.1, 0.15) is 5.69 Å². The molecule has 0 saturated heterocycles. The third-order valence-electron chi connectivity index (χ3n) is 3.97. The Morgan fingerprint density at radius 3 is 2.45 bits per heavy atom. The normalized spacial score (nSPS) is 11.2. The Hall–Kier alpha value is -3.79. The van der Waals surface area contributed by atoms with E-state index in [0.717, 1.165) is 0 Å². The fraction of sp³-hybridized carbons (Fsp3) is 0.111. The highest BCUT2D eigenvalue weighted by Gasteiger charge is 2.14. The van der Waals surface area contributed by atoms with E-state index in [0.29, 0.717) is 33.5 Å². The molecule has 11 heteroatoms. The first-order valence-corrected chi connectivity index (χ1v) is 8.77. The largest absolute Gasteiger partial charge is 0.339 e. The van der Waals surface area contributed by atoms with Gasteiger partial charge in [-0.15, -0.1) is 5.10 Å². The van der Waals surface area contributed by atoms with Crippen LogP contribution in [0.4, 0.5) is 16.2 Å². The predicted molar refractivity (Wildman–Crippen MR) is 109 cm³/mol. The minimum absolute atomic E-state index is 0.0135. The summed E-state index contributed by atoms with van der Waals surface area (Å²) >= 11 is 5.81. The minimum atomic E-state index is -0.521. The maximum atomic E-state index is 12.0. The summed E-state index contributed by atoms with van der Waals surface area (Å²) in [6, 6.07) is 12.1. The molecule has 0 spiro atoms. The number of nitrogens with one attached hydrogen (secondary N) is 2. The van der Waals surface area contributed by atoms with E-state index in [1.165, 1.54) is 16.8 Å². The maximum Gasteiger partial charge on any atom is 0.339 e. The number of halogens is 1. The van der Waals surface area contributed by atoms with Crippen LogP contribution in [-0.2, 0) is 0 Å². The van der Waals surface area contributed by atoms with Gasteiger partial charge >= 0.3 is 6.03 Å². The van der Waals surface area contributed by atoms with Crippen molar-refractivity contribution in [3.05, 3.63) is 75.1 Å². The molecule has 2 N–H and O–H groups in total. The van der Waals surface area contributed by atoms with Crippen molar-refractivity contribution in [3.63, 3.8) is 0 Å². The van der Waals surface area contributed by atoms with Gasteiger partial charge in [-0.3, -0.25) is 10.1 Å². The van der Waals surface area contributed by atoms with Gasteiger partial charge in [-0.2, -0.15) is 5.10 Å². The Bertz CT molecular complexity index is 1080. The number of carbonyl (C=O) groups is 1. The summed E-state index contributed by atoms with van der Waals surface area (Å²) in [7, 11) is 0. The van der Waals surface area contributed by atoms with E-state index in [1.54, 1.807) is 50.2 Å². The first-order chi connectivity index (χ1) is 13.8. The summed E-state index contributed by atoms with van der Waals surface area (Å²) in [5.74, 6) is 0. The van der Waals surface area contributed by atoms with Gasteiger partial charge in [-0.1, -0.05) is 16.8 Å². The van der Waals surface area contributed by atoms with Crippen molar-refractivity contribution in [2.24, 2.45) is 5.10 Å². The second-order valence-corrected chi connectivity index (χ2v) is 6.42. The van der Waals surface area contributed by atoms with Gasteiger partial charge in [0.2, 0.25) is 0 Å². The number of nitrogens with zero attached hydrogens (tertiary/aromatic N) is 5. The molecule has 0 aliphatic rings. The third kappa shape index (κ3) is 4.74. The highest BCUT2D eigenvalue weighted by Crippen LogP contribution is 2.17. The van der Waals surface area contributed by atoms with E-state index >= 15 is 0 Å². The summed E-state index contributed by atoms with van der Waals surface area (Å²) < 4.78 is 1.53. The van der Waals surface area contributed by atoms with Gasteiger partial charge in [0.15, 0.2) is 0 Å². The number of rotatable bonds is 5. The van der Waals surface area contributed by atoms with E-state index in [-0.39, 0.29) is 5.69 Å². The number of hydrogen-bond donors (Lipinski definition) is 2. The number of hydrogen-bond acceptors (Lipinski definition) is 6. The second-order valence-electron chi connectivity index (χ2n) is 5.98. The van der Waals surface area contributed by atoms with Crippen LogP contribution in [0.15, 0.2) is 53.6 Å². The van der Waals surface area contributed by atoms with E-state index in [1.807, 2.05) is 0 Å². The van der Waals surface area contributed by atoms with Crippen molar-refractivity contribution in [1.82, 2.24) is 20.4 Å². The molecule has 29 heavy (non-hydrogen) atoms. The second kappa shape index (κ2) is 8.48. The number of amides is 2. The van der Waals surface area contributed by atoms with Crippen molar-refractivity contribution in [2.45, 2.75) is 13.8 Å². The Morgan fingerprint density at radius 1 is 1.17 bits per heavy atom. The molecule has 3 aromatic rings. The van der Waals surface area contributed by atoms with Crippen LogP contribution < -0.4 is 10.7 Å². The average molecular weight is 414 g/mol. The van der Waals surface area contributed by atoms with Crippen LogP contribution in [0.3, 0.4) is 0 Å². The highest BCUT2D eigenvalue weighted by atomic mass is 35.5. The Kier molecular flexibility index (Phi) is 5.84. The molecule has 0 saturated carbocycles. The Balaban J connectivity index is 1.70. The number of anilines is 1. The minimum Gasteiger partial charge on any atom is -0.307 e. The van der Waals surface area contributed by atoms with Gasteiger partial charge in [0, 0.05) is 22.8 Å². The molecule has 148 valence electrons. The Labute approximate surface area is 170 Å². The van der Waals surface area contributed by atoms with Crippen LogP contribution in [0.25, 0.3) is 5.69 Å². The monoisotopic (exact) mass is 413 g/mol. The summed E-state index contributed by atoms with van der Waals surface area (Å²) in [5, 5.41) is 26.1. The van der Waals surface area contributed by atoms with Gasteiger partial charge in [-0.25, -0.2) is 14.9 Å². The molecule has 1 heterocycles. The molecule has 3 rings (SSSR count). The van der Waals surface area contributed by atoms with Crippen LogP contribution >= 0.6 is 11.6 Å². The molecule has 0 aliphatic heterocycles. The number of carbonyl (C=O) groups excluding carboxylic acids is 1. The van der Waals surface area contributed by atoms with Crippen LogP contribution in [0, 0.1) is 17.0 Å². The highest BCUT2D eigenvalue weighted by molar-refractivity contribution is 6.30. The average Bonchev–Trinajstić information content (AvgIpc) is 3.09. The molecule has 0 aliphatic carbocycles. The topological polar surface area (TPSA) is 127 Å². The fourth-order valence-electron chi connectivity index (χ4n) is 2.50. The number of nitro benzene ring substituents is 1. The van der Waals surface area contributed by atoms with Gasteiger partial charge in [0.25, 0.3) is 5.69 Å². The zero-order chi connectivity index (χ0) is 21.0. The molecule has 1 aromatic heterocycles. The van der Waals surface area contributed by atoms with E-state index in [4.69, 9.17) is 11.6 Å². The number of urea groups is 1. The molecule has 2 amide bonds. The van der Waals surface area contributed by atoms with E-state index < -0.39 is 11.0 Å². The SMILES string of the molecule is C/C(=N\NC(=O)Nc1ccc(Cl)cc1)c1nnn(-c2ccc([N+](=O)[O-])cc2)c1C. The molecular formula is C18H16ClN7O3. The summed E-state index contributed by atoms with van der Waals surface area (Å²) in [5.41, 5.74) is 5.16. The lowest BCUT2D eigenvalue weighted by Gasteiger charge is -2.05. The molecule has 0 bridgehead atoms. The number of non-ortho nitro benzene ring substituents is 1. The van der Waals surface area contributed by atoms with Gasteiger partial charge in [-0.05, 0) is 50.2 Å². The smallest absolute Gasteiger partial charge is 0.307 e. The number of hydrazone groups is 1. The van der Waals surface area contributed by atoms with Crippen LogP contribution in [0.2, 0.25) is 5.02 Å². The number of nitro groups is 1. The number of benzene rings is 2. The lowest BCUT2D eigenvalue weighted by molar-refractivity contribution is -0.384. The lowest BCUT2D eigenvalue weighted by Crippen LogP contribution is -2.25. The van der Waals surface area contributed by atoms with E-state index in [2.05, 4.69) is 26.2 Å². The lowest BCUT2D eigenvalue weighted by atomic mass is 10.2. The molecule has 10 nitrogen and oxygen atoms in total.